The molecule has 1 aliphatic carbocycles. The molecular formula is C13H20N2O. The number of aliphatic hydroxyl groups is 1. The van der Waals surface area contributed by atoms with Crippen LogP contribution in [0.5, 0.6) is 0 Å². The summed E-state index contributed by atoms with van der Waals surface area (Å²) in [5.74, 6) is 0. The van der Waals surface area contributed by atoms with Crippen molar-refractivity contribution in [2.24, 2.45) is 0 Å². The largest absolute Gasteiger partial charge is 0.392 e. The van der Waals surface area contributed by atoms with E-state index in [1.165, 1.54) is 12.0 Å². The zero-order chi connectivity index (χ0) is 11.4. The van der Waals surface area contributed by atoms with E-state index in [0.717, 1.165) is 19.3 Å². The quantitative estimate of drug-likeness (QED) is 0.819. The Morgan fingerprint density at radius 2 is 2.25 bits per heavy atom. The molecule has 3 nitrogen and oxygen atoms in total. The molecule has 2 N–H and O–H groups in total. The number of rotatable bonds is 3. The summed E-state index contributed by atoms with van der Waals surface area (Å²) in [4.78, 5) is 4.12. The first kappa shape index (κ1) is 11.6. The monoisotopic (exact) mass is 220 g/mol. The van der Waals surface area contributed by atoms with Crippen LogP contribution in [0.2, 0.25) is 0 Å². The third-order valence-corrected chi connectivity index (χ3v) is 3.38. The first-order chi connectivity index (χ1) is 7.77. The molecule has 3 heteroatoms. The van der Waals surface area contributed by atoms with E-state index in [2.05, 4.69) is 23.3 Å². The highest BCUT2D eigenvalue weighted by Crippen LogP contribution is 2.21. The first-order valence-corrected chi connectivity index (χ1v) is 6.11. The maximum absolute atomic E-state index is 9.89. The highest BCUT2D eigenvalue weighted by molar-refractivity contribution is 5.13. The van der Waals surface area contributed by atoms with Crippen LogP contribution in [-0.4, -0.2) is 22.2 Å². The van der Waals surface area contributed by atoms with Gasteiger partial charge in [-0.1, -0.05) is 18.9 Å². The van der Waals surface area contributed by atoms with E-state index in [1.807, 2.05) is 12.3 Å². The van der Waals surface area contributed by atoms with Crippen molar-refractivity contribution >= 4 is 0 Å². The number of aromatic nitrogens is 1. The summed E-state index contributed by atoms with van der Waals surface area (Å²) in [7, 11) is 0. The smallest absolute Gasteiger partial charge is 0.0693 e. The standard InChI is InChI=1S/C13H20N2O/c1-10(11-5-4-8-14-9-11)15-12-6-2-3-7-13(12)16/h4-5,8-10,12-13,15-16H,2-3,6-7H2,1H3/t10-,12?,13?/m1/s1. The Labute approximate surface area is 96.9 Å². The van der Waals surface area contributed by atoms with Gasteiger partial charge in [0.05, 0.1) is 6.10 Å². The fourth-order valence-corrected chi connectivity index (χ4v) is 2.36. The SMILES string of the molecule is C[C@@H](NC1CCCCC1O)c1cccnc1. The number of aliphatic hydroxyl groups excluding tert-OH is 1. The van der Waals surface area contributed by atoms with Gasteiger partial charge in [-0.3, -0.25) is 4.98 Å². The van der Waals surface area contributed by atoms with Crippen molar-refractivity contribution in [3.8, 4) is 0 Å². The number of hydrogen-bond acceptors (Lipinski definition) is 3. The molecule has 0 spiro atoms. The van der Waals surface area contributed by atoms with Crippen LogP contribution >= 0.6 is 0 Å². The van der Waals surface area contributed by atoms with Crippen LogP contribution in [0.25, 0.3) is 0 Å². The number of nitrogens with zero attached hydrogens (tertiary/aromatic N) is 1. The minimum absolute atomic E-state index is 0.187. The lowest BCUT2D eigenvalue weighted by Gasteiger charge is -2.31. The van der Waals surface area contributed by atoms with E-state index >= 15 is 0 Å². The number of nitrogens with one attached hydrogen (secondary N) is 1. The molecule has 1 aromatic rings. The topological polar surface area (TPSA) is 45.1 Å². The molecule has 2 rings (SSSR count). The Morgan fingerprint density at radius 1 is 1.44 bits per heavy atom. The normalized spacial score (nSPS) is 27.6. The van der Waals surface area contributed by atoms with E-state index in [9.17, 15) is 5.11 Å². The van der Waals surface area contributed by atoms with Gasteiger partial charge in [-0.15, -0.1) is 0 Å². The van der Waals surface area contributed by atoms with Crippen LogP contribution in [0, 0.1) is 0 Å². The molecule has 0 bridgehead atoms. The Morgan fingerprint density at radius 3 is 2.94 bits per heavy atom. The number of hydrogen-bond donors (Lipinski definition) is 2. The maximum atomic E-state index is 9.89. The summed E-state index contributed by atoms with van der Waals surface area (Å²) in [6.07, 6.45) is 7.85. The summed E-state index contributed by atoms with van der Waals surface area (Å²) in [5.41, 5.74) is 1.18. The van der Waals surface area contributed by atoms with E-state index in [4.69, 9.17) is 0 Å². The minimum atomic E-state index is -0.187. The van der Waals surface area contributed by atoms with Gasteiger partial charge >= 0.3 is 0 Å². The van der Waals surface area contributed by atoms with Gasteiger partial charge in [0, 0.05) is 24.5 Å². The molecule has 1 saturated carbocycles. The molecule has 0 saturated heterocycles. The molecule has 1 aliphatic rings. The van der Waals surface area contributed by atoms with Crippen molar-refractivity contribution in [3.63, 3.8) is 0 Å². The Kier molecular flexibility index (Phi) is 3.91. The molecule has 0 radical (unpaired) electrons. The second kappa shape index (κ2) is 5.41. The molecule has 0 amide bonds. The van der Waals surface area contributed by atoms with E-state index in [-0.39, 0.29) is 18.2 Å². The third kappa shape index (κ3) is 2.80. The van der Waals surface area contributed by atoms with Gasteiger partial charge in [-0.25, -0.2) is 0 Å². The molecule has 1 aromatic heterocycles. The Hall–Kier alpha value is -0.930. The van der Waals surface area contributed by atoms with Crippen molar-refractivity contribution < 1.29 is 5.11 Å². The van der Waals surface area contributed by atoms with Crippen LogP contribution in [0.15, 0.2) is 24.5 Å². The van der Waals surface area contributed by atoms with Crippen molar-refractivity contribution in [1.82, 2.24) is 10.3 Å². The van der Waals surface area contributed by atoms with Crippen LogP contribution < -0.4 is 5.32 Å². The molecule has 3 atom stereocenters. The van der Waals surface area contributed by atoms with E-state index < -0.39 is 0 Å². The molecule has 88 valence electrons. The van der Waals surface area contributed by atoms with Gasteiger partial charge in [0.15, 0.2) is 0 Å². The molecule has 0 aliphatic heterocycles. The zero-order valence-electron chi connectivity index (χ0n) is 9.76. The summed E-state index contributed by atoms with van der Waals surface area (Å²) >= 11 is 0. The summed E-state index contributed by atoms with van der Waals surface area (Å²) in [5, 5.41) is 13.4. The van der Waals surface area contributed by atoms with Gasteiger partial charge in [-0.2, -0.15) is 0 Å². The van der Waals surface area contributed by atoms with Crippen molar-refractivity contribution in [1.29, 1.82) is 0 Å². The Balaban J connectivity index is 1.94. The molecule has 1 fully saturated rings. The molecule has 1 heterocycles. The third-order valence-electron chi connectivity index (χ3n) is 3.38. The van der Waals surface area contributed by atoms with Crippen molar-refractivity contribution in [2.75, 3.05) is 0 Å². The summed E-state index contributed by atoms with van der Waals surface area (Å²) in [6.45, 7) is 2.12. The average molecular weight is 220 g/mol. The fraction of sp³-hybridized carbons (Fsp3) is 0.615. The molecule has 0 aromatic carbocycles. The zero-order valence-corrected chi connectivity index (χ0v) is 9.76. The predicted octanol–water partition coefficient (Wildman–Crippen LogP) is 2.04. The second-order valence-corrected chi connectivity index (χ2v) is 4.63. The van der Waals surface area contributed by atoms with Crippen LogP contribution in [0.3, 0.4) is 0 Å². The van der Waals surface area contributed by atoms with Crippen molar-refractivity contribution in [3.05, 3.63) is 30.1 Å². The van der Waals surface area contributed by atoms with Gasteiger partial charge in [-0.05, 0) is 31.4 Å². The van der Waals surface area contributed by atoms with Crippen LogP contribution in [0.1, 0.15) is 44.2 Å². The molecular weight excluding hydrogens is 200 g/mol. The second-order valence-electron chi connectivity index (χ2n) is 4.63. The Bertz CT molecular complexity index is 315. The maximum Gasteiger partial charge on any atom is 0.0693 e. The lowest BCUT2D eigenvalue weighted by Crippen LogP contribution is -2.43. The van der Waals surface area contributed by atoms with Crippen LogP contribution in [-0.2, 0) is 0 Å². The lowest BCUT2D eigenvalue weighted by atomic mass is 9.91. The van der Waals surface area contributed by atoms with Gasteiger partial charge in [0.25, 0.3) is 0 Å². The van der Waals surface area contributed by atoms with Gasteiger partial charge in [0.2, 0.25) is 0 Å². The highest BCUT2D eigenvalue weighted by atomic mass is 16.3. The highest BCUT2D eigenvalue weighted by Gasteiger charge is 2.24. The average Bonchev–Trinajstić information content (AvgIpc) is 2.33. The van der Waals surface area contributed by atoms with Crippen LogP contribution in [0.4, 0.5) is 0 Å². The fourth-order valence-electron chi connectivity index (χ4n) is 2.36. The predicted molar refractivity (Wildman–Crippen MR) is 64.1 cm³/mol. The first-order valence-electron chi connectivity index (χ1n) is 6.11. The lowest BCUT2D eigenvalue weighted by molar-refractivity contribution is 0.0859. The van der Waals surface area contributed by atoms with E-state index in [1.54, 1.807) is 6.20 Å². The summed E-state index contributed by atoms with van der Waals surface area (Å²) < 4.78 is 0. The number of pyridine rings is 1. The van der Waals surface area contributed by atoms with Gasteiger partial charge in [0.1, 0.15) is 0 Å². The van der Waals surface area contributed by atoms with Gasteiger partial charge < -0.3 is 10.4 Å². The van der Waals surface area contributed by atoms with Crippen molar-refractivity contribution in [2.45, 2.75) is 50.8 Å². The summed E-state index contributed by atoms with van der Waals surface area (Å²) in [6, 6.07) is 4.51. The van der Waals surface area contributed by atoms with E-state index in [0.29, 0.717) is 0 Å². The molecule has 2 unspecified atom stereocenters. The minimum Gasteiger partial charge on any atom is -0.392 e. The molecule has 16 heavy (non-hydrogen) atoms.